The number of rotatable bonds is 7. The number of hydrogen-bond acceptors (Lipinski definition) is 7. The summed E-state index contributed by atoms with van der Waals surface area (Å²) in [4.78, 5) is 15.4. The highest BCUT2D eigenvalue weighted by molar-refractivity contribution is 7.92. The van der Waals surface area contributed by atoms with Gasteiger partial charge in [-0.1, -0.05) is 4.98 Å². The van der Waals surface area contributed by atoms with Crippen LogP contribution >= 0.6 is 12.2 Å². The minimum atomic E-state index is -4.51. The zero-order valence-corrected chi connectivity index (χ0v) is 26.2. The predicted octanol–water partition coefficient (Wildman–Crippen LogP) is 4.89. The van der Waals surface area contributed by atoms with Gasteiger partial charge in [-0.2, -0.15) is 13.2 Å². The van der Waals surface area contributed by atoms with Crippen LogP contribution in [0.5, 0.6) is 11.5 Å². The number of aromatic amines is 2. The van der Waals surface area contributed by atoms with E-state index in [1.165, 1.54) is 12.1 Å². The number of hydrogen-bond donors (Lipinski definition) is 3. The van der Waals surface area contributed by atoms with E-state index in [9.17, 15) is 21.6 Å². The lowest BCUT2D eigenvalue weighted by molar-refractivity contribution is -0.367. The quantitative estimate of drug-likeness (QED) is 0.207. The van der Waals surface area contributed by atoms with Crippen LogP contribution in [-0.4, -0.2) is 68.8 Å². The van der Waals surface area contributed by atoms with Crippen LogP contribution in [0.25, 0.3) is 21.9 Å². The fraction of sp³-hybridized carbons (Fsp3) is 0.233. The minimum Gasteiger partial charge on any atom is -0.493 e. The van der Waals surface area contributed by atoms with Crippen molar-refractivity contribution in [2.45, 2.75) is 11.1 Å². The Morgan fingerprint density at radius 2 is 1.59 bits per heavy atom. The maximum atomic E-state index is 12.8. The Bertz CT molecular complexity index is 2010. The first kappa shape index (κ1) is 31.2. The lowest BCUT2D eigenvalue weighted by Gasteiger charge is -2.34. The van der Waals surface area contributed by atoms with Crippen molar-refractivity contribution in [1.29, 1.82) is 0 Å². The van der Waals surface area contributed by atoms with Gasteiger partial charge >= 0.3 is 6.18 Å². The molecule has 1 aliphatic rings. The van der Waals surface area contributed by atoms with E-state index >= 15 is 0 Å². The molecule has 4 N–H and O–H groups in total. The van der Waals surface area contributed by atoms with Crippen molar-refractivity contribution in [3.63, 3.8) is 0 Å². The highest BCUT2D eigenvalue weighted by Crippen LogP contribution is 2.37. The summed E-state index contributed by atoms with van der Waals surface area (Å²) in [6.45, 7) is 2.60. The first-order valence-electron chi connectivity index (χ1n) is 14.0. The maximum Gasteiger partial charge on any atom is 0.416 e. The fourth-order valence-electron chi connectivity index (χ4n) is 5.32. The molecule has 11 nitrogen and oxygen atoms in total. The molecule has 5 aromatic rings. The average Bonchev–Trinajstić information content (AvgIpc) is 3.41. The largest absolute Gasteiger partial charge is 0.493 e. The number of sulfonamides is 1. The van der Waals surface area contributed by atoms with Crippen LogP contribution in [0.1, 0.15) is 5.56 Å². The molecular formula is C30H29F3N7O4S2+. The van der Waals surface area contributed by atoms with Gasteiger partial charge < -0.3 is 24.7 Å². The lowest BCUT2D eigenvalue weighted by Crippen LogP contribution is -2.51. The third-order valence-electron chi connectivity index (χ3n) is 7.68. The van der Waals surface area contributed by atoms with Crippen LogP contribution in [-0.2, 0) is 16.2 Å². The minimum absolute atomic E-state index is 0.0188. The Morgan fingerprint density at radius 1 is 0.957 bits per heavy atom. The fourth-order valence-corrected chi connectivity index (χ4v) is 6.68. The van der Waals surface area contributed by atoms with Crippen LogP contribution < -0.4 is 29.4 Å². The van der Waals surface area contributed by atoms with Crippen LogP contribution in [0, 0.1) is 0 Å². The first-order chi connectivity index (χ1) is 22.0. The number of H-pyrrole nitrogens is 2. The van der Waals surface area contributed by atoms with E-state index in [-0.39, 0.29) is 10.6 Å². The summed E-state index contributed by atoms with van der Waals surface area (Å²) >= 11 is 5.66. The number of ether oxygens (including phenoxy) is 2. The zero-order chi connectivity index (χ0) is 32.6. The SMILES string of the molecule is COc1cc2[nH]c3nc[nH+]c(N4CCN(C(=S)Nc5ccc(S(=O)(=O)Nc6ccc(C(F)(F)F)cc6)cc5)CC4)c3c2cc1OC. The third-order valence-corrected chi connectivity index (χ3v) is 9.44. The Labute approximate surface area is 267 Å². The van der Waals surface area contributed by atoms with Crippen molar-refractivity contribution in [3.8, 4) is 11.5 Å². The molecular weight excluding hydrogens is 644 g/mol. The average molecular weight is 673 g/mol. The lowest BCUT2D eigenvalue weighted by atomic mass is 10.1. The van der Waals surface area contributed by atoms with E-state index in [2.05, 4.69) is 29.9 Å². The number of nitrogens with one attached hydrogen (secondary N) is 4. The van der Waals surface area contributed by atoms with Gasteiger partial charge in [0.25, 0.3) is 10.0 Å². The van der Waals surface area contributed by atoms with Crippen LogP contribution in [0.2, 0.25) is 0 Å². The van der Waals surface area contributed by atoms with Gasteiger partial charge in [0.05, 0.1) is 56.4 Å². The van der Waals surface area contributed by atoms with E-state index in [1.54, 1.807) is 32.7 Å². The number of nitrogens with zero attached hydrogens (tertiary/aromatic N) is 3. The van der Waals surface area contributed by atoms with Gasteiger partial charge in [0.2, 0.25) is 17.8 Å². The summed E-state index contributed by atoms with van der Waals surface area (Å²) in [6, 6.07) is 13.5. The Kier molecular flexibility index (Phi) is 8.24. The molecule has 0 bridgehead atoms. The molecule has 0 atom stereocenters. The van der Waals surface area contributed by atoms with Gasteiger partial charge in [0.15, 0.2) is 16.6 Å². The molecule has 0 aliphatic carbocycles. The summed E-state index contributed by atoms with van der Waals surface area (Å²) < 4.78 is 77.3. The molecule has 1 aliphatic heterocycles. The highest BCUT2D eigenvalue weighted by atomic mass is 32.2. The molecule has 3 aromatic carbocycles. The number of fused-ring (bicyclic) bond motifs is 3. The molecule has 16 heteroatoms. The topological polar surface area (TPSA) is 126 Å². The number of aromatic nitrogens is 3. The second-order valence-electron chi connectivity index (χ2n) is 10.5. The molecule has 6 rings (SSSR count). The first-order valence-corrected chi connectivity index (χ1v) is 15.9. The van der Waals surface area contributed by atoms with Crippen molar-refractivity contribution >= 4 is 66.5 Å². The molecule has 2 aromatic heterocycles. The molecule has 46 heavy (non-hydrogen) atoms. The molecule has 0 unspecified atom stereocenters. The molecule has 1 saturated heterocycles. The molecule has 0 spiro atoms. The van der Waals surface area contributed by atoms with Crippen molar-refractivity contribution in [1.82, 2.24) is 14.9 Å². The Hall–Kier alpha value is -4.83. The normalized spacial score (nSPS) is 14.0. The molecule has 240 valence electrons. The third kappa shape index (κ3) is 6.17. The van der Waals surface area contributed by atoms with Crippen LogP contribution in [0.15, 0.2) is 71.9 Å². The summed E-state index contributed by atoms with van der Waals surface area (Å²) in [5, 5.41) is 5.54. The number of methoxy groups -OCH3 is 2. The number of anilines is 3. The summed E-state index contributed by atoms with van der Waals surface area (Å²) in [5.74, 6) is 2.16. The highest BCUT2D eigenvalue weighted by Gasteiger charge is 2.30. The van der Waals surface area contributed by atoms with E-state index in [4.69, 9.17) is 21.7 Å². The number of halogens is 3. The second kappa shape index (κ2) is 12.2. The van der Waals surface area contributed by atoms with Gasteiger partial charge in [-0.25, -0.2) is 13.4 Å². The van der Waals surface area contributed by atoms with Gasteiger partial charge in [-0.3, -0.25) is 9.62 Å². The maximum absolute atomic E-state index is 12.8. The van der Waals surface area contributed by atoms with Crippen molar-refractivity contribution in [2.75, 3.05) is 55.3 Å². The van der Waals surface area contributed by atoms with E-state index in [1.807, 2.05) is 17.0 Å². The number of benzene rings is 3. The molecule has 3 heterocycles. The predicted molar refractivity (Wildman–Crippen MR) is 172 cm³/mol. The standard InChI is InChI=1S/C30H28F3N7O4S2/c1-43-24-15-22-23(16-25(24)44-2)37-27-26(22)28(35-17-34-27)39-11-13-40(14-12-39)29(45)36-19-7-9-21(10-8-19)46(41,42)38-20-5-3-18(4-6-20)30(31,32)33/h3-10,15-17,38H,11-14H2,1-2H3,(H,36,45)(H,34,35,37)/p+1. The van der Waals surface area contributed by atoms with Gasteiger partial charge in [0.1, 0.15) is 5.39 Å². The second-order valence-corrected chi connectivity index (χ2v) is 12.5. The van der Waals surface area contributed by atoms with E-state index in [0.717, 1.165) is 52.0 Å². The van der Waals surface area contributed by atoms with Gasteiger partial charge in [0, 0.05) is 22.8 Å². The Morgan fingerprint density at radius 3 is 2.22 bits per heavy atom. The van der Waals surface area contributed by atoms with Crippen molar-refractivity contribution in [3.05, 3.63) is 72.6 Å². The summed E-state index contributed by atoms with van der Waals surface area (Å²) in [6.07, 6.45) is -2.86. The number of thiocarbonyl (C=S) groups is 1. The summed E-state index contributed by atoms with van der Waals surface area (Å²) in [5.41, 5.74) is 1.35. The summed E-state index contributed by atoms with van der Waals surface area (Å²) in [7, 11) is -0.833. The molecule has 0 radical (unpaired) electrons. The monoisotopic (exact) mass is 672 g/mol. The van der Waals surface area contributed by atoms with Crippen LogP contribution in [0.3, 0.4) is 0 Å². The smallest absolute Gasteiger partial charge is 0.416 e. The van der Waals surface area contributed by atoms with Crippen LogP contribution in [0.4, 0.5) is 30.4 Å². The van der Waals surface area contributed by atoms with E-state index < -0.39 is 21.8 Å². The van der Waals surface area contributed by atoms with Gasteiger partial charge in [-0.05, 0) is 66.8 Å². The molecule has 0 amide bonds. The molecule has 0 saturated carbocycles. The van der Waals surface area contributed by atoms with Gasteiger partial charge in [-0.15, -0.1) is 0 Å². The van der Waals surface area contributed by atoms with Crippen molar-refractivity contribution in [2.24, 2.45) is 0 Å². The Balaban J connectivity index is 1.09. The zero-order valence-electron chi connectivity index (χ0n) is 24.6. The van der Waals surface area contributed by atoms with Crippen molar-refractivity contribution < 1.29 is 36.0 Å². The number of alkyl halides is 3. The number of piperazine rings is 1. The molecule has 1 fully saturated rings. The van der Waals surface area contributed by atoms with E-state index in [0.29, 0.717) is 48.5 Å².